The lowest BCUT2D eigenvalue weighted by Crippen LogP contribution is -2.26. The van der Waals surface area contributed by atoms with Crippen molar-refractivity contribution in [2.45, 2.75) is 39.5 Å². The zero-order chi connectivity index (χ0) is 17.4. The van der Waals surface area contributed by atoms with E-state index in [9.17, 15) is 4.79 Å². The van der Waals surface area contributed by atoms with E-state index in [1.54, 1.807) is 4.90 Å². The van der Waals surface area contributed by atoms with Gasteiger partial charge in [0.1, 0.15) is 0 Å². The molecule has 1 aromatic carbocycles. The third-order valence-electron chi connectivity index (χ3n) is 4.67. The summed E-state index contributed by atoms with van der Waals surface area (Å²) < 4.78 is 2.96. The highest BCUT2D eigenvalue weighted by atomic mass is 79.9. The van der Waals surface area contributed by atoms with Crippen molar-refractivity contribution in [2.75, 3.05) is 4.90 Å². The first-order valence-electron chi connectivity index (χ1n) is 8.22. The van der Waals surface area contributed by atoms with Crippen LogP contribution in [0.3, 0.4) is 0 Å². The van der Waals surface area contributed by atoms with E-state index in [1.165, 1.54) is 23.8 Å². The summed E-state index contributed by atoms with van der Waals surface area (Å²) in [7, 11) is 1.96. The average molecular weight is 388 g/mol. The number of rotatable bonds is 3. The molecule has 24 heavy (non-hydrogen) atoms. The maximum absolute atomic E-state index is 12.7. The molecule has 126 valence electrons. The van der Waals surface area contributed by atoms with Crippen molar-refractivity contribution in [3.8, 4) is 0 Å². The zero-order valence-electron chi connectivity index (χ0n) is 14.4. The molecule has 0 spiro atoms. The molecule has 1 aliphatic rings. The Labute approximate surface area is 151 Å². The van der Waals surface area contributed by atoms with E-state index < -0.39 is 0 Å². The Morgan fingerprint density at radius 3 is 2.71 bits per heavy atom. The Morgan fingerprint density at radius 1 is 1.29 bits per heavy atom. The highest BCUT2D eigenvalue weighted by Gasteiger charge is 2.28. The van der Waals surface area contributed by atoms with Crippen molar-refractivity contribution in [2.24, 2.45) is 7.05 Å². The fourth-order valence-corrected chi connectivity index (χ4v) is 3.82. The molecule has 0 saturated heterocycles. The van der Waals surface area contributed by atoms with Gasteiger partial charge in [0.05, 0.1) is 5.69 Å². The lowest BCUT2D eigenvalue weighted by molar-refractivity contribution is -0.113. The largest absolute Gasteiger partial charge is 0.270 e. The number of carbonyl (C=O) groups excluding carboxylic acids is 1. The van der Waals surface area contributed by atoms with Gasteiger partial charge < -0.3 is 0 Å². The van der Waals surface area contributed by atoms with Gasteiger partial charge in [-0.2, -0.15) is 5.10 Å². The summed E-state index contributed by atoms with van der Waals surface area (Å²) in [5.74, 6) is 0.605. The van der Waals surface area contributed by atoms with E-state index in [2.05, 4.69) is 22.5 Å². The minimum absolute atomic E-state index is 0.147. The monoisotopic (exact) mass is 387 g/mol. The number of hydrogen-bond acceptors (Lipinski definition) is 2. The van der Waals surface area contributed by atoms with Crippen LogP contribution in [-0.2, 0) is 24.7 Å². The molecule has 0 fully saturated rings. The number of anilines is 2. The third-order valence-corrected chi connectivity index (χ3v) is 5.52. The SMILES string of the molecule is C=CC(=O)N(c1cc(C)c(Br)cc1C)c1nn(C)c2c1CCCC2. The molecule has 1 amide bonds. The van der Waals surface area contributed by atoms with E-state index in [1.807, 2.05) is 37.7 Å². The van der Waals surface area contributed by atoms with Crippen molar-refractivity contribution in [1.29, 1.82) is 0 Å². The van der Waals surface area contributed by atoms with Crippen LogP contribution >= 0.6 is 15.9 Å². The number of aromatic nitrogens is 2. The molecule has 5 heteroatoms. The van der Waals surface area contributed by atoms with Gasteiger partial charge >= 0.3 is 0 Å². The number of carbonyl (C=O) groups is 1. The Bertz CT molecular complexity index is 823. The summed E-state index contributed by atoms with van der Waals surface area (Å²) in [6, 6.07) is 4.08. The van der Waals surface area contributed by atoms with Crippen LogP contribution in [-0.4, -0.2) is 15.7 Å². The molecule has 0 saturated carbocycles. The smallest absolute Gasteiger partial charge is 0.256 e. The van der Waals surface area contributed by atoms with Gasteiger partial charge in [-0.3, -0.25) is 14.4 Å². The normalized spacial score (nSPS) is 13.5. The van der Waals surface area contributed by atoms with Crippen molar-refractivity contribution < 1.29 is 4.79 Å². The number of hydrogen-bond donors (Lipinski definition) is 0. The van der Waals surface area contributed by atoms with Gasteiger partial charge in [-0.05, 0) is 68.9 Å². The summed E-state index contributed by atoms with van der Waals surface area (Å²) in [6.45, 7) is 7.72. The van der Waals surface area contributed by atoms with Crippen LogP contribution in [0.15, 0.2) is 29.3 Å². The van der Waals surface area contributed by atoms with Crippen molar-refractivity contribution in [3.05, 3.63) is 51.6 Å². The molecule has 1 aromatic heterocycles. The summed E-state index contributed by atoms with van der Waals surface area (Å²) in [4.78, 5) is 14.4. The van der Waals surface area contributed by atoms with Gasteiger partial charge in [0.25, 0.3) is 5.91 Å². The Morgan fingerprint density at radius 2 is 2.00 bits per heavy atom. The molecule has 1 aliphatic carbocycles. The second-order valence-corrected chi connectivity index (χ2v) is 7.20. The quantitative estimate of drug-likeness (QED) is 0.725. The van der Waals surface area contributed by atoms with Crippen LogP contribution in [0.4, 0.5) is 11.5 Å². The van der Waals surface area contributed by atoms with Crippen LogP contribution in [0.2, 0.25) is 0 Å². The Kier molecular flexibility index (Phi) is 4.63. The molecule has 2 aromatic rings. The number of nitrogens with zero attached hydrogens (tertiary/aromatic N) is 3. The summed E-state index contributed by atoms with van der Waals surface area (Å²) >= 11 is 3.56. The highest BCUT2D eigenvalue weighted by Crippen LogP contribution is 2.37. The fourth-order valence-electron chi connectivity index (χ4n) is 3.36. The third kappa shape index (κ3) is 2.81. The summed E-state index contributed by atoms with van der Waals surface area (Å²) in [6.07, 6.45) is 5.67. The van der Waals surface area contributed by atoms with Crippen LogP contribution in [0.5, 0.6) is 0 Å². The van der Waals surface area contributed by atoms with Crippen LogP contribution in [0.1, 0.15) is 35.2 Å². The molecule has 0 aliphatic heterocycles. The second kappa shape index (κ2) is 6.55. The van der Waals surface area contributed by atoms with E-state index in [0.717, 1.165) is 46.4 Å². The zero-order valence-corrected chi connectivity index (χ0v) is 16.0. The summed E-state index contributed by atoms with van der Waals surface area (Å²) in [5.41, 5.74) is 5.41. The van der Waals surface area contributed by atoms with Gasteiger partial charge in [0.15, 0.2) is 5.82 Å². The van der Waals surface area contributed by atoms with E-state index in [4.69, 9.17) is 5.10 Å². The second-order valence-electron chi connectivity index (χ2n) is 6.35. The van der Waals surface area contributed by atoms with Gasteiger partial charge in [-0.1, -0.05) is 22.5 Å². The Balaban J connectivity index is 2.21. The molecular weight excluding hydrogens is 366 g/mol. The lowest BCUT2D eigenvalue weighted by atomic mass is 9.96. The molecule has 0 bridgehead atoms. The number of benzene rings is 1. The van der Waals surface area contributed by atoms with Gasteiger partial charge in [0, 0.05) is 22.8 Å². The first kappa shape index (κ1) is 17.0. The van der Waals surface area contributed by atoms with Crippen molar-refractivity contribution >= 4 is 33.3 Å². The van der Waals surface area contributed by atoms with E-state index in [0.29, 0.717) is 0 Å². The van der Waals surface area contributed by atoms with Crippen LogP contribution in [0.25, 0.3) is 0 Å². The first-order valence-corrected chi connectivity index (χ1v) is 9.01. The van der Waals surface area contributed by atoms with E-state index in [-0.39, 0.29) is 5.91 Å². The predicted octanol–water partition coefficient (Wildman–Crippen LogP) is 4.53. The molecule has 4 nitrogen and oxygen atoms in total. The van der Waals surface area contributed by atoms with Crippen LogP contribution in [0, 0.1) is 13.8 Å². The average Bonchev–Trinajstić information content (AvgIpc) is 2.89. The number of amides is 1. The molecule has 1 heterocycles. The maximum atomic E-state index is 12.7. The van der Waals surface area contributed by atoms with Crippen LogP contribution < -0.4 is 4.90 Å². The molecular formula is C19H22BrN3O. The maximum Gasteiger partial charge on any atom is 0.256 e. The minimum atomic E-state index is -0.147. The topological polar surface area (TPSA) is 38.1 Å². The lowest BCUT2D eigenvalue weighted by Gasteiger charge is -2.24. The van der Waals surface area contributed by atoms with Gasteiger partial charge in [-0.15, -0.1) is 0 Å². The number of halogens is 1. The van der Waals surface area contributed by atoms with Gasteiger partial charge in [0.2, 0.25) is 0 Å². The molecule has 0 atom stereocenters. The minimum Gasteiger partial charge on any atom is -0.270 e. The summed E-state index contributed by atoms with van der Waals surface area (Å²) in [5, 5.41) is 4.69. The number of fused-ring (bicyclic) bond motifs is 1. The van der Waals surface area contributed by atoms with E-state index >= 15 is 0 Å². The molecule has 0 radical (unpaired) electrons. The molecule has 3 rings (SSSR count). The predicted molar refractivity (Wildman–Crippen MR) is 101 cm³/mol. The fraction of sp³-hybridized carbons (Fsp3) is 0.368. The van der Waals surface area contributed by atoms with Gasteiger partial charge in [-0.25, -0.2) is 0 Å². The van der Waals surface area contributed by atoms with Crippen molar-refractivity contribution in [3.63, 3.8) is 0 Å². The highest BCUT2D eigenvalue weighted by molar-refractivity contribution is 9.10. The van der Waals surface area contributed by atoms with Crippen molar-refractivity contribution in [1.82, 2.24) is 9.78 Å². The standard InChI is InChI=1S/C19H22BrN3O/c1-5-18(24)23(17-11-12(2)15(20)10-13(17)3)19-14-8-6-7-9-16(14)22(4)21-19/h5,10-11H,1,6-9H2,2-4H3. The number of aryl methyl sites for hydroxylation is 3. The molecule has 0 N–H and O–H groups in total. The molecule has 0 unspecified atom stereocenters. The Hall–Kier alpha value is -1.88. The first-order chi connectivity index (χ1) is 11.4.